The van der Waals surface area contributed by atoms with E-state index >= 15 is 0 Å². The number of hydrogen-bond acceptors (Lipinski definition) is 6. The van der Waals surface area contributed by atoms with Crippen LogP contribution in [0.4, 0.5) is 0 Å². The number of benzene rings is 6. The summed E-state index contributed by atoms with van der Waals surface area (Å²) >= 11 is 0. The van der Waals surface area contributed by atoms with E-state index in [0.29, 0.717) is 23.4 Å². The first-order valence-electron chi connectivity index (χ1n) is 15.1. The Morgan fingerprint density at radius 3 is 1.63 bits per heavy atom. The van der Waals surface area contributed by atoms with Crippen LogP contribution in [0.25, 0.3) is 89.8 Å². The summed E-state index contributed by atoms with van der Waals surface area (Å²) in [6.07, 6.45) is 0. The van der Waals surface area contributed by atoms with Gasteiger partial charge in [-0.15, -0.1) is 0 Å². The van der Waals surface area contributed by atoms with E-state index in [1.54, 1.807) is 0 Å². The minimum absolute atomic E-state index is 0.587. The van der Waals surface area contributed by atoms with Crippen molar-refractivity contribution in [3.05, 3.63) is 146 Å². The molecule has 0 N–H and O–H groups in total. The molecule has 0 spiro atoms. The molecule has 0 fully saturated rings. The first kappa shape index (κ1) is 26.0. The lowest BCUT2D eigenvalue weighted by Gasteiger charge is -2.09. The van der Waals surface area contributed by atoms with Crippen LogP contribution in [-0.4, -0.2) is 19.9 Å². The minimum atomic E-state index is 0.587. The zero-order valence-electron chi connectivity index (χ0n) is 24.5. The van der Waals surface area contributed by atoms with Crippen molar-refractivity contribution in [2.75, 3.05) is 0 Å². The summed E-state index contributed by atoms with van der Waals surface area (Å²) in [6.45, 7) is 0. The smallest absolute Gasteiger partial charge is 0.227 e. The van der Waals surface area contributed by atoms with Crippen LogP contribution >= 0.6 is 0 Å². The summed E-state index contributed by atoms with van der Waals surface area (Å²) in [7, 11) is 0. The molecule has 216 valence electrons. The number of furan rings is 1. The molecule has 0 bridgehead atoms. The van der Waals surface area contributed by atoms with Crippen molar-refractivity contribution >= 4 is 33.0 Å². The summed E-state index contributed by atoms with van der Waals surface area (Å²) in [6, 6.07) is 48.4. The van der Waals surface area contributed by atoms with Gasteiger partial charge in [-0.05, 0) is 53.6 Å². The molecule has 46 heavy (non-hydrogen) atoms. The van der Waals surface area contributed by atoms with Crippen molar-refractivity contribution < 1.29 is 8.83 Å². The lowest BCUT2D eigenvalue weighted by atomic mass is 10.00. The third-order valence-electron chi connectivity index (χ3n) is 8.18. The maximum absolute atomic E-state index is 6.36. The van der Waals surface area contributed by atoms with Crippen molar-refractivity contribution in [3.8, 4) is 56.7 Å². The maximum atomic E-state index is 6.36. The van der Waals surface area contributed by atoms with Gasteiger partial charge in [0.15, 0.2) is 23.1 Å². The lowest BCUT2D eigenvalue weighted by Crippen LogP contribution is -2.00. The van der Waals surface area contributed by atoms with Crippen LogP contribution in [0.2, 0.25) is 0 Å². The van der Waals surface area contributed by atoms with Gasteiger partial charge in [-0.3, -0.25) is 0 Å². The number of fused-ring (bicyclic) bond motifs is 4. The highest BCUT2D eigenvalue weighted by Gasteiger charge is 2.18. The normalized spacial score (nSPS) is 11.5. The predicted octanol–water partition coefficient (Wildman–Crippen LogP) is 10.2. The van der Waals surface area contributed by atoms with E-state index < -0.39 is 0 Å². The Hall–Kier alpha value is -6.40. The lowest BCUT2D eigenvalue weighted by molar-refractivity contribution is 0.620. The molecule has 0 radical (unpaired) electrons. The van der Waals surface area contributed by atoms with Crippen molar-refractivity contribution in [1.29, 1.82) is 0 Å². The van der Waals surface area contributed by atoms with E-state index in [1.165, 1.54) is 0 Å². The largest absolute Gasteiger partial charge is 0.456 e. The van der Waals surface area contributed by atoms with Crippen LogP contribution in [0.5, 0.6) is 0 Å². The molecular formula is C40H24N4O2. The Labute approximate surface area is 263 Å². The predicted molar refractivity (Wildman–Crippen MR) is 182 cm³/mol. The van der Waals surface area contributed by atoms with Crippen LogP contribution in [0.3, 0.4) is 0 Å². The molecule has 0 saturated heterocycles. The van der Waals surface area contributed by atoms with Gasteiger partial charge in [-0.25, -0.2) is 19.9 Å². The number of nitrogens with zero attached hydrogens (tertiary/aromatic N) is 4. The van der Waals surface area contributed by atoms with Crippen LogP contribution in [-0.2, 0) is 0 Å². The van der Waals surface area contributed by atoms with Gasteiger partial charge in [0.2, 0.25) is 5.89 Å². The third-order valence-corrected chi connectivity index (χ3v) is 8.18. The molecule has 9 aromatic rings. The Kier molecular flexibility index (Phi) is 6.03. The zero-order valence-corrected chi connectivity index (χ0v) is 24.5. The fourth-order valence-electron chi connectivity index (χ4n) is 5.93. The second-order valence-corrected chi connectivity index (χ2v) is 11.1. The number of hydrogen-bond donors (Lipinski definition) is 0. The average molecular weight is 593 g/mol. The molecule has 0 atom stereocenters. The molecule has 0 aliphatic heterocycles. The van der Waals surface area contributed by atoms with E-state index in [4.69, 9.17) is 28.8 Å². The molecule has 0 amide bonds. The van der Waals surface area contributed by atoms with Crippen LogP contribution in [0, 0.1) is 0 Å². The number of oxazole rings is 1. The third kappa shape index (κ3) is 4.52. The average Bonchev–Trinajstić information content (AvgIpc) is 3.74. The topological polar surface area (TPSA) is 77.8 Å². The molecular weight excluding hydrogens is 568 g/mol. The Balaban J connectivity index is 1.20. The molecule has 0 aliphatic rings. The van der Waals surface area contributed by atoms with Gasteiger partial charge in [0, 0.05) is 33.0 Å². The van der Waals surface area contributed by atoms with E-state index in [2.05, 4.69) is 30.3 Å². The Morgan fingerprint density at radius 2 is 0.957 bits per heavy atom. The van der Waals surface area contributed by atoms with Gasteiger partial charge in [-0.1, -0.05) is 103 Å². The van der Waals surface area contributed by atoms with Gasteiger partial charge >= 0.3 is 0 Å². The number of aromatic nitrogens is 4. The Bertz CT molecular complexity index is 2460. The molecule has 6 nitrogen and oxygen atoms in total. The molecule has 3 aromatic heterocycles. The van der Waals surface area contributed by atoms with Gasteiger partial charge in [0.05, 0.1) is 0 Å². The maximum Gasteiger partial charge on any atom is 0.227 e. The molecule has 9 rings (SSSR count). The van der Waals surface area contributed by atoms with Gasteiger partial charge in [0.1, 0.15) is 16.7 Å². The molecule has 3 heterocycles. The van der Waals surface area contributed by atoms with E-state index in [1.807, 2.05) is 115 Å². The summed E-state index contributed by atoms with van der Waals surface area (Å²) in [5, 5.41) is 1.94. The highest BCUT2D eigenvalue weighted by atomic mass is 16.3. The first-order chi connectivity index (χ1) is 22.8. The van der Waals surface area contributed by atoms with E-state index in [0.717, 1.165) is 66.4 Å². The number of rotatable bonds is 5. The monoisotopic (exact) mass is 592 g/mol. The highest BCUT2D eigenvalue weighted by Crippen LogP contribution is 2.39. The Morgan fingerprint density at radius 1 is 0.370 bits per heavy atom. The van der Waals surface area contributed by atoms with Crippen molar-refractivity contribution in [2.24, 2.45) is 0 Å². The van der Waals surface area contributed by atoms with Crippen LogP contribution in [0.1, 0.15) is 0 Å². The van der Waals surface area contributed by atoms with Crippen molar-refractivity contribution in [3.63, 3.8) is 0 Å². The van der Waals surface area contributed by atoms with Gasteiger partial charge in [0.25, 0.3) is 0 Å². The van der Waals surface area contributed by atoms with E-state index in [9.17, 15) is 0 Å². The van der Waals surface area contributed by atoms with E-state index in [-0.39, 0.29) is 0 Å². The minimum Gasteiger partial charge on any atom is -0.456 e. The van der Waals surface area contributed by atoms with Crippen LogP contribution in [0.15, 0.2) is 154 Å². The molecule has 0 unspecified atom stereocenters. The molecule has 6 heteroatoms. The quantitative estimate of drug-likeness (QED) is 0.198. The highest BCUT2D eigenvalue weighted by molar-refractivity contribution is 6.12. The van der Waals surface area contributed by atoms with Crippen LogP contribution < -0.4 is 0 Å². The van der Waals surface area contributed by atoms with Crippen molar-refractivity contribution in [1.82, 2.24) is 19.9 Å². The second kappa shape index (κ2) is 10.6. The SMILES string of the molecule is c1ccc(-c2nc(-c3ccccc3)nc(-c3cccc4oc5ccc(-c6ccc7oc(-c8ccccc8)nc7c6)cc5c34)n2)cc1. The standard InChI is InChI=1S/C40H24N4O2/c1-4-11-25(12-5-1)37-42-38(26-13-6-2-7-14-26)44-39(43-37)30-17-10-18-35-36(30)31-23-28(19-21-33(31)45-35)29-20-22-34-32(24-29)41-40(46-34)27-15-8-3-9-16-27/h1-24H. The fraction of sp³-hybridized carbons (Fsp3) is 0. The molecule has 6 aromatic carbocycles. The first-order valence-corrected chi connectivity index (χ1v) is 15.1. The van der Waals surface area contributed by atoms with Gasteiger partial charge in [-0.2, -0.15) is 0 Å². The van der Waals surface area contributed by atoms with Gasteiger partial charge < -0.3 is 8.83 Å². The van der Waals surface area contributed by atoms with Crippen molar-refractivity contribution in [2.45, 2.75) is 0 Å². The fourth-order valence-corrected chi connectivity index (χ4v) is 5.93. The second-order valence-electron chi connectivity index (χ2n) is 11.1. The molecule has 0 aliphatic carbocycles. The molecule has 0 saturated carbocycles. The summed E-state index contributed by atoms with van der Waals surface area (Å²) in [5.41, 5.74) is 8.87. The zero-order chi connectivity index (χ0) is 30.5. The summed E-state index contributed by atoms with van der Waals surface area (Å²) in [4.78, 5) is 19.6. The summed E-state index contributed by atoms with van der Waals surface area (Å²) < 4.78 is 12.4. The summed E-state index contributed by atoms with van der Waals surface area (Å²) in [5.74, 6) is 2.43.